The number of aromatic amines is 1. The van der Waals surface area contributed by atoms with Crippen LogP contribution < -0.4 is 5.32 Å². The zero-order valence-electron chi connectivity index (χ0n) is 20.4. The number of benzene rings is 1. The number of aryl methyl sites for hydroxylation is 1. The molecule has 2 atom stereocenters. The molecule has 4 heterocycles. The summed E-state index contributed by atoms with van der Waals surface area (Å²) in [4.78, 5) is 25.0. The van der Waals surface area contributed by atoms with Gasteiger partial charge < -0.3 is 15.4 Å². The second-order valence-corrected chi connectivity index (χ2v) is 9.73. The smallest absolute Gasteiger partial charge is 0.251 e. The number of carbonyl (C=O) groups excluding carboxylic acids is 1. The second kappa shape index (κ2) is 9.40. The molecule has 4 aromatic heterocycles. The van der Waals surface area contributed by atoms with Crippen LogP contribution in [0.1, 0.15) is 36.0 Å². The largest absolute Gasteiger partial charge is 0.396 e. The Morgan fingerprint density at radius 1 is 1.14 bits per heavy atom. The molecule has 0 spiro atoms. The van der Waals surface area contributed by atoms with Gasteiger partial charge in [0.2, 0.25) is 0 Å². The van der Waals surface area contributed by atoms with Gasteiger partial charge in [0, 0.05) is 59.3 Å². The number of aliphatic hydroxyl groups is 1. The number of hydrogen-bond acceptors (Lipinski definition) is 5. The van der Waals surface area contributed by atoms with Crippen LogP contribution in [-0.2, 0) is 7.05 Å². The summed E-state index contributed by atoms with van der Waals surface area (Å²) < 4.78 is 17.0. The van der Waals surface area contributed by atoms with E-state index >= 15 is 4.39 Å². The predicted octanol–water partition coefficient (Wildman–Crippen LogP) is 4.60. The molecule has 5 aromatic rings. The Morgan fingerprint density at radius 2 is 1.95 bits per heavy atom. The third kappa shape index (κ3) is 4.25. The van der Waals surface area contributed by atoms with Gasteiger partial charge in [-0.25, -0.2) is 9.37 Å². The molecule has 1 aliphatic carbocycles. The van der Waals surface area contributed by atoms with Crippen LogP contribution in [0.4, 0.5) is 4.39 Å². The molecule has 8 nitrogen and oxygen atoms in total. The molecule has 0 radical (unpaired) electrons. The SMILES string of the molecule is Cn1cc(-c2cc3c(cn2)[nH]c2ncc(F)c(-c4ccc(C(=O)N[C@@H]5CCCC[C@H]5CO)cc4)c23)cn1. The summed E-state index contributed by atoms with van der Waals surface area (Å²) in [6.45, 7) is 0.0733. The number of aromatic nitrogens is 5. The molecular formula is C28H27FN6O2. The summed E-state index contributed by atoms with van der Waals surface area (Å²) >= 11 is 0. The number of halogens is 1. The highest BCUT2D eigenvalue weighted by molar-refractivity contribution is 6.13. The van der Waals surface area contributed by atoms with Crippen molar-refractivity contribution in [2.75, 3.05) is 6.61 Å². The first-order chi connectivity index (χ1) is 18.0. The van der Waals surface area contributed by atoms with Gasteiger partial charge in [0.15, 0.2) is 0 Å². The lowest BCUT2D eigenvalue weighted by atomic mass is 9.85. The molecule has 0 unspecified atom stereocenters. The molecule has 1 aromatic carbocycles. The van der Waals surface area contributed by atoms with Gasteiger partial charge in [0.1, 0.15) is 11.5 Å². The summed E-state index contributed by atoms with van der Waals surface area (Å²) in [6.07, 6.45) is 10.4. The van der Waals surface area contributed by atoms with Gasteiger partial charge in [-0.3, -0.25) is 14.5 Å². The summed E-state index contributed by atoms with van der Waals surface area (Å²) in [6, 6.07) is 8.84. The van der Waals surface area contributed by atoms with E-state index in [1.54, 1.807) is 41.3 Å². The van der Waals surface area contributed by atoms with Crippen LogP contribution in [0.5, 0.6) is 0 Å². The predicted molar refractivity (Wildman–Crippen MR) is 139 cm³/mol. The van der Waals surface area contributed by atoms with Crippen molar-refractivity contribution in [2.24, 2.45) is 13.0 Å². The molecule has 1 aliphatic rings. The first kappa shape index (κ1) is 23.3. The number of rotatable bonds is 5. The quantitative estimate of drug-likeness (QED) is 0.328. The second-order valence-electron chi connectivity index (χ2n) is 9.73. The zero-order chi connectivity index (χ0) is 25.5. The van der Waals surface area contributed by atoms with E-state index in [9.17, 15) is 9.90 Å². The first-order valence-corrected chi connectivity index (χ1v) is 12.5. The standard InChI is InChI=1S/C28H27FN6O2/c1-35-14-19(11-32-35)23-10-20-24(13-30-23)33-27-26(20)25(21(29)12-31-27)16-6-8-17(9-7-16)28(37)34-22-5-3-2-4-18(22)15-36/h6-14,18,22,36H,2-5,15H2,1H3,(H,31,33)(H,34,37)/t18-,22+/m0/s1. The van der Waals surface area contributed by atoms with Gasteiger partial charge in [-0.15, -0.1) is 0 Å². The minimum atomic E-state index is -0.446. The van der Waals surface area contributed by atoms with Gasteiger partial charge in [-0.05, 0) is 36.6 Å². The van der Waals surface area contributed by atoms with Crippen LogP contribution >= 0.6 is 0 Å². The van der Waals surface area contributed by atoms with Crippen molar-refractivity contribution in [2.45, 2.75) is 31.7 Å². The van der Waals surface area contributed by atoms with E-state index < -0.39 is 5.82 Å². The Kier molecular flexibility index (Phi) is 5.92. The van der Waals surface area contributed by atoms with E-state index in [0.29, 0.717) is 27.7 Å². The molecule has 6 rings (SSSR count). The minimum Gasteiger partial charge on any atom is -0.396 e. The first-order valence-electron chi connectivity index (χ1n) is 12.5. The Labute approximate surface area is 212 Å². The van der Waals surface area contributed by atoms with Crippen LogP contribution in [0, 0.1) is 11.7 Å². The summed E-state index contributed by atoms with van der Waals surface area (Å²) in [5.41, 5.74) is 4.47. The van der Waals surface area contributed by atoms with Gasteiger partial charge in [-0.1, -0.05) is 25.0 Å². The third-order valence-corrected chi connectivity index (χ3v) is 7.36. The monoisotopic (exact) mass is 498 g/mol. The topological polar surface area (TPSA) is 109 Å². The Balaban J connectivity index is 1.37. The van der Waals surface area contributed by atoms with Crippen molar-refractivity contribution < 1.29 is 14.3 Å². The van der Waals surface area contributed by atoms with Crippen molar-refractivity contribution in [1.82, 2.24) is 30.0 Å². The highest BCUT2D eigenvalue weighted by Crippen LogP contribution is 2.36. The van der Waals surface area contributed by atoms with Crippen LogP contribution in [0.15, 0.2) is 55.1 Å². The van der Waals surface area contributed by atoms with E-state index in [4.69, 9.17) is 0 Å². The molecule has 1 fully saturated rings. The van der Waals surface area contributed by atoms with Gasteiger partial charge in [-0.2, -0.15) is 5.10 Å². The molecular weight excluding hydrogens is 471 g/mol. The number of amides is 1. The van der Waals surface area contributed by atoms with Crippen molar-refractivity contribution in [3.05, 3.63) is 66.5 Å². The van der Waals surface area contributed by atoms with Crippen LogP contribution in [0.25, 0.3) is 44.3 Å². The van der Waals surface area contributed by atoms with Gasteiger partial charge >= 0.3 is 0 Å². The number of pyridine rings is 2. The molecule has 1 amide bonds. The van der Waals surface area contributed by atoms with Crippen LogP contribution in [-0.4, -0.2) is 48.4 Å². The van der Waals surface area contributed by atoms with Crippen LogP contribution in [0.3, 0.4) is 0 Å². The third-order valence-electron chi connectivity index (χ3n) is 7.36. The van der Waals surface area contributed by atoms with E-state index in [0.717, 1.165) is 47.8 Å². The fourth-order valence-corrected chi connectivity index (χ4v) is 5.38. The number of carbonyl (C=O) groups is 1. The Hall–Kier alpha value is -4.11. The number of H-pyrrole nitrogens is 1. The van der Waals surface area contributed by atoms with Crippen molar-refractivity contribution in [3.8, 4) is 22.4 Å². The summed E-state index contributed by atoms with van der Waals surface area (Å²) in [5, 5.41) is 18.4. The van der Waals surface area contributed by atoms with E-state index in [-0.39, 0.29) is 24.5 Å². The highest BCUT2D eigenvalue weighted by Gasteiger charge is 2.26. The molecule has 3 N–H and O–H groups in total. The Bertz CT molecular complexity index is 1610. The minimum absolute atomic E-state index is 0.0305. The van der Waals surface area contributed by atoms with Crippen LogP contribution in [0.2, 0.25) is 0 Å². The normalized spacial score (nSPS) is 17.9. The maximum absolute atomic E-state index is 15.3. The molecule has 0 bridgehead atoms. The fourth-order valence-electron chi connectivity index (χ4n) is 5.38. The number of nitrogens with zero attached hydrogens (tertiary/aromatic N) is 4. The lowest BCUT2D eigenvalue weighted by Crippen LogP contribution is -2.43. The number of hydrogen-bond donors (Lipinski definition) is 3. The highest BCUT2D eigenvalue weighted by atomic mass is 19.1. The van der Waals surface area contributed by atoms with Gasteiger partial charge in [0.05, 0.1) is 29.8 Å². The average molecular weight is 499 g/mol. The molecule has 0 aliphatic heterocycles. The zero-order valence-corrected chi connectivity index (χ0v) is 20.4. The fraction of sp³-hybridized carbons (Fsp3) is 0.286. The molecule has 37 heavy (non-hydrogen) atoms. The van der Waals surface area contributed by atoms with Crippen molar-refractivity contribution >= 4 is 27.8 Å². The number of fused-ring (bicyclic) bond motifs is 3. The molecule has 1 saturated carbocycles. The number of aliphatic hydroxyl groups excluding tert-OH is 1. The maximum Gasteiger partial charge on any atom is 0.251 e. The lowest BCUT2D eigenvalue weighted by Gasteiger charge is -2.30. The average Bonchev–Trinajstić information content (AvgIpc) is 3.52. The summed E-state index contributed by atoms with van der Waals surface area (Å²) in [7, 11) is 1.84. The maximum atomic E-state index is 15.3. The van der Waals surface area contributed by atoms with E-state index in [1.165, 1.54) is 6.20 Å². The van der Waals surface area contributed by atoms with E-state index in [2.05, 4.69) is 25.4 Å². The lowest BCUT2D eigenvalue weighted by molar-refractivity contribution is 0.0872. The Morgan fingerprint density at radius 3 is 2.70 bits per heavy atom. The van der Waals surface area contributed by atoms with Gasteiger partial charge in [0.25, 0.3) is 5.91 Å². The molecule has 0 saturated heterocycles. The van der Waals surface area contributed by atoms with Crippen molar-refractivity contribution in [1.29, 1.82) is 0 Å². The summed E-state index contributed by atoms with van der Waals surface area (Å²) in [5.74, 6) is -0.543. The molecule has 188 valence electrons. The number of nitrogens with one attached hydrogen (secondary N) is 2. The van der Waals surface area contributed by atoms with E-state index in [1.807, 2.05) is 19.3 Å². The molecule has 9 heteroatoms. The van der Waals surface area contributed by atoms with Crippen molar-refractivity contribution in [3.63, 3.8) is 0 Å².